The summed E-state index contributed by atoms with van der Waals surface area (Å²) in [7, 11) is 0. The minimum Gasteiger partial charge on any atom is -0.334 e. The molecule has 0 fully saturated rings. The van der Waals surface area contributed by atoms with Crippen molar-refractivity contribution in [1.29, 1.82) is 0 Å². The highest BCUT2D eigenvalue weighted by Gasteiger charge is 2.16. The van der Waals surface area contributed by atoms with Gasteiger partial charge in [0, 0.05) is 12.0 Å². The van der Waals surface area contributed by atoms with E-state index >= 15 is 0 Å². The highest BCUT2D eigenvalue weighted by molar-refractivity contribution is 5.53. The number of hydrogen-bond donors (Lipinski definition) is 1. The summed E-state index contributed by atoms with van der Waals surface area (Å²) in [5.41, 5.74) is 7.86. The Morgan fingerprint density at radius 3 is 2.42 bits per heavy atom. The highest BCUT2D eigenvalue weighted by atomic mass is 16.5. The summed E-state index contributed by atoms with van der Waals surface area (Å²) >= 11 is 0. The van der Waals surface area contributed by atoms with Crippen molar-refractivity contribution < 1.29 is 4.52 Å². The van der Waals surface area contributed by atoms with E-state index in [0.717, 1.165) is 24.2 Å². The van der Waals surface area contributed by atoms with Crippen molar-refractivity contribution in [3.8, 4) is 11.5 Å². The highest BCUT2D eigenvalue weighted by Crippen LogP contribution is 2.22. The predicted molar refractivity (Wildman–Crippen MR) is 75.7 cm³/mol. The van der Waals surface area contributed by atoms with Gasteiger partial charge >= 0.3 is 0 Å². The number of aromatic nitrogens is 2. The topological polar surface area (TPSA) is 64.9 Å². The Morgan fingerprint density at radius 2 is 1.84 bits per heavy atom. The minimum absolute atomic E-state index is 0.159. The fourth-order valence-electron chi connectivity index (χ4n) is 1.90. The van der Waals surface area contributed by atoms with Crippen molar-refractivity contribution in [2.75, 3.05) is 6.54 Å². The molecule has 4 nitrogen and oxygen atoms in total. The zero-order valence-corrected chi connectivity index (χ0v) is 11.8. The number of nitrogens with zero attached hydrogens (tertiary/aromatic N) is 2. The van der Waals surface area contributed by atoms with Crippen molar-refractivity contribution >= 4 is 0 Å². The standard InChI is InChI=1S/C15H21N3O/c1-15(2,3)10-13-17-14(19-18-13)12-6-4-11(5-7-12)8-9-16/h4-7H,8-10,16H2,1-3H3. The molecule has 1 aromatic carbocycles. The molecule has 1 heterocycles. The molecular weight excluding hydrogens is 238 g/mol. The molecule has 0 spiro atoms. The van der Waals surface area contributed by atoms with Crippen LogP contribution in [0.5, 0.6) is 0 Å². The molecule has 2 aromatic rings. The maximum absolute atomic E-state index is 5.53. The van der Waals surface area contributed by atoms with Crippen LogP contribution in [0, 0.1) is 5.41 Å². The van der Waals surface area contributed by atoms with Crippen molar-refractivity contribution in [3.05, 3.63) is 35.7 Å². The minimum atomic E-state index is 0.159. The van der Waals surface area contributed by atoms with Gasteiger partial charge in [0.1, 0.15) is 0 Å². The molecular formula is C15H21N3O. The molecule has 4 heteroatoms. The quantitative estimate of drug-likeness (QED) is 0.917. The van der Waals surface area contributed by atoms with E-state index in [0.29, 0.717) is 12.4 Å². The molecule has 2 rings (SSSR count). The van der Waals surface area contributed by atoms with Crippen LogP contribution in [0.4, 0.5) is 0 Å². The van der Waals surface area contributed by atoms with E-state index in [-0.39, 0.29) is 5.41 Å². The molecule has 0 bridgehead atoms. The van der Waals surface area contributed by atoms with Gasteiger partial charge in [-0.05, 0) is 36.1 Å². The van der Waals surface area contributed by atoms with Crippen molar-refractivity contribution in [1.82, 2.24) is 10.1 Å². The molecule has 0 aliphatic carbocycles. The Balaban J connectivity index is 2.13. The summed E-state index contributed by atoms with van der Waals surface area (Å²) in [5, 5.41) is 4.03. The van der Waals surface area contributed by atoms with Crippen LogP contribution in [0.25, 0.3) is 11.5 Å². The monoisotopic (exact) mass is 259 g/mol. The largest absolute Gasteiger partial charge is 0.334 e. The van der Waals surface area contributed by atoms with Gasteiger partial charge < -0.3 is 10.3 Å². The van der Waals surface area contributed by atoms with Gasteiger partial charge in [-0.1, -0.05) is 38.1 Å². The van der Waals surface area contributed by atoms with Gasteiger partial charge in [0.25, 0.3) is 5.89 Å². The van der Waals surface area contributed by atoms with Gasteiger partial charge in [-0.15, -0.1) is 0 Å². The van der Waals surface area contributed by atoms with Gasteiger partial charge in [-0.2, -0.15) is 4.98 Å². The molecule has 0 saturated heterocycles. The first-order valence-corrected chi connectivity index (χ1v) is 6.60. The third kappa shape index (κ3) is 3.89. The second-order valence-corrected chi connectivity index (χ2v) is 5.99. The third-order valence-electron chi connectivity index (χ3n) is 2.79. The van der Waals surface area contributed by atoms with Crippen LogP contribution in [-0.2, 0) is 12.8 Å². The molecule has 0 atom stereocenters. The van der Waals surface area contributed by atoms with Crippen molar-refractivity contribution in [2.45, 2.75) is 33.6 Å². The van der Waals surface area contributed by atoms with Gasteiger partial charge in [0.15, 0.2) is 5.82 Å². The predicted octanol–water partition coefficient (Wildman–Crippen LogP) is 2.83. The first-order chi connectivity index (χ1) is 8.98. The second-order valence-electron chi connectivity index (χ2n) is 5.99. The summed E-state index contributed by atoms with van der Waals surface area (Å²) in [6.45, 7) is 7.13. The van der Waals surface area contributed by atoms with Crippen molar-refractivity contribution in [3.63, 3.8) is 0 Å². The lowest BCUT2D eigenvalue weighted by Crippen LogP contribution is -2.10. The Kier molecular flexibility index (Phi) is 4.00. The van der Waals surface area contributed by atoms with Crippen molar-refractivity contribution in [2.24, 2.45) is 11.1 Å². The summed E-state index contributed by atoms with van der Waals surface area (Å²) in [5.74, 6) is 1.34. The molecule has 0 aliphatic rings. The molecule has 19 heavy (non-hydrogen) atoms. The molecule has 0 radical (unpaired) electrons. The Labute approximate surface area is 114 Å². The lowest BCUT2D eigenvalue weighted by molar-refractivity contribution is 0.374. The van der Waals surface area contributed by atoms with Gasteiger partial charge in [0.05, 0.1) is 0 Å². The Morgan fingerprint density at radius 1 is 1.16 bits per heavy atom. The average Bonchev–Trinajstić information content (AvgIpc) is 2.76. The summed E-state index contributed by atoms with van der Waals surface area (Å²) in [4.78, 5) is 4.44. The molecule has 0 unspecified atom stereocenters. The fourth-order valence-corrected chi connectivity index (χ4v) is 1.90. The van der Waals surface area contributed by atoms with Crippen LogP contribution in [0.2, 0.25) is 0 Å². The zero-order valence-electron chi connectivity index (χ0n) is 11.8. The van der Waals surface area contributed by atoms with Crippen LogP contribution in [0.3, 0.4) is 0 Å². The fraction of sp³-hybridized carbons (Fsp3) is 0.467. The average molecular weight is 259 g/mol. The number of rotatable bonds is 4. The summed E-state index contributed by atoms with van der Waals surface area (Å²) < 4.78 is 5.31. The molecule has 102 valence electrons. The van der Waals surface area contributed by atoms with E-state index in [1.165, 1.54) is 5.56 Å². The van der Waals surface area contributed by atoms with Gasteiger partial charge in [-0.25, -0.2) is 0 Å². The van der Waals surface area contributed by atoms with E-state index in [4.69, 9.17) is 10.3 Å². The van der Waals surface area contributed by atoms with Crippen LogP contribution in [-0.4, -0.2) is 16.7 Å². The summed E-state index contributed by atoms with van der Waals surface area (Å²) in [6.07, 6.45) is 1.70. The third-order valence-corrected chi connectivity index (χ3v) is 2.79. The maximum Gasteiger partial charge on any atom is 0.257 e. The molecule has 0 aliphatic heterocycles. The lowest BCUT2D eigenvalue weighted by atomic mass is 9.92. The maximum atomic E-state index is 5.53. The normalized spacial score (nSPS) is 11.8. The van der Waals surface area contributed by atoms with Crippen LogP contribution >= 0.6 is 0 Å². The van der Waals surface area contributed by atoms with Crippen LogP contribution in [0.15, 0.2) is 28.8 Å². The zero-order chi connectivity index (χ0) is 13.9. The Bertz CT molecular complexity index is 523. The lowest BCUT2D eigenvalue weighted by Gasteiger charge is -2.14. The van der Waals surface area contributed by atoms with Gasteiger partial charge in [-0.3, -0.25) is 0 Å². The smallest absolute Gasteiger partial charge is 0.257 e. The van der Waals surface area contributed by atoms with E-state index in [2.05, 4.69) is 43.0 Å². The SMILES string of the molecule is CC(C)(C)Cc1noc(-c2ccc(CCN)cc2)n1. The van der Waals surface area contributed by atoms with Crippen LogP contribution < -0.4 is 5.73 Å². The second kappa shape index (κ2) is 5.53. The van der Waals surface area contributed by atoms with Crippen LogP contribution in [0.1, 0.15) is 32.2 Å². The first-order valence-electron chi connectivity index (χ1n) is 6.60. The molecule has 0 amide bonds. The first kappa shape index (κ1) is 13.7. The van der Waals surface area contributed by atoms with E-state index in [1.54, 1.807) is 0 Å². The van der Waals surface area contributed by atoms with Gasteiger partial charge in [0.2, 0.25) is 0 Å². The molecule has 2 N–H and O–H groups in total. The van der Waals surface area contributed by atoms with E-state index in [9.17, 15) is 0 Å². The van der Waals surface area contributed by atoms with E-state index in [1.807, 2.05) is 12.1 Å². The van der Waals surface area contributed by atoms with E-state index < -0.39 is 0 Å². The number of hydrogen-bond acceptors (Lipinski definition) is 4. The molecule has 0 saturated carbocycles. The number of benzene rings is 1. The number of nitrogens with two attached hydrogens (primary N) is 1. The summed E-state index contributed by atoms with van der Waals surface area (Å²) in [6, 6.07) is 8.10. The Hall–Kier alpha value is -1.68. The molecule has 1 aromatic heterocycles.